The average molecular weight is 354 g/mol. The van der Waals surface area contributed by atoms with Gasteiger partial charge in [0.05, 0.1) is 13.2 Å². The molecule has 2 amide bonds. The van der Waals surface area contributed by atoms with Crippen molar-refractivity contribution in [2.24, 2.45) is 0 Å². The lowest BCUT2D eigenvalue weighted by Gasteiger charge is -2.17. The molecule has 2 aromatic rings. The van der Waals surface area contributed by atoms with Crippen molar-refractivity contribution in [2.75, 3.05) is 19.0 Å². The summed E-state index contributed by atoms with van der Waals surface area (Å²) in [6.45, 7) is 4.59. The lowest BCUT2D eigenvalue weighted by Crippen LogP contribution is -2.35. The van der Waals surface area contributed by atoms with E-state index in [0.29, 0.717) is 6.54 Å². The Morgan fingerprint density at radius 1 is 1.04 bits per heavy atom. The van der Waals surface area contributed by atoms with Gasteiger partial charge in [-0.05, 0) is 68.7 Å². The maximum Gasteiger partial charge on any atom is 0.319 e. The Kier molecular flexibility index (Phi) is 5.35. The second-order valence-electron chi connectivity index (χ2n) is 7.01. The summed E-state index contributed by atoms with van der Waals surface area (Å²) in [6, 6.07) is 15.3. The quantitative estimate of drug-likeness (QED) is 0.778. The van der Waals surface area contributed by atoms with Gasteiger partial charge in [0.1, 0.15) is 11.5 Å². The van der Waals surface area contributed by atoms with Crippen molar-refractivity contribution >= 4 is 11.7 Å². The third-order valence-electron chi connectivity index (χ3n) is 4.63. The first-order chi connectivity index (χ1) is 12.5. The summed E-state index contributed by atoms with van der Waals surface area (Å²) in [6.07, 6.45) is 2.30. The molecule has 0 aliphatic heterocycles. The van der Waals surface area contributed by atoms with E-state index >= 15 is 0 Å². The molecule has 138 valence electrons. The number of ether oxygens (including phenoxy) is 2. The second-order valence-corrected chi connectivity index (χ2v) is 7.01. The van der Waals surface area contributed by atoms with Gasteiger partial charge in [0.2, 0.25) is 0 Å². The van der Waals surface area contributed by atoms with Crippen LogP contribution < -0.4 is 20.1 Å². The molecule has 0 atom stereocenters. The molecule has 0 saturated heterocycles. The minimum absolute atomic E-state index is 0.0541. The summed E-state index contributed by atoms with van der Waals surface area (Å²) >= 11 is 0. The van der Waals surface area contributed by atoms with Crippen molar-refractivity contribution in [2.45, 2.75) is 38.2 Å². The summed E-state index contributed by atoms with van der Waals surface area (Å²) in [5, 5.41) is 5.86. The van der Waals surface area contributed by atoms with Gasteiger partial charge < -0.3 is 20.1 Å². The maximum absolute atomic E-state index is 12.2. The zero-order chi connectivity index (χ0) is 18.6. The lowest BCUT2D eigenvalue weighted by atomic mass is 9.96. The molecule has 1 saturated carbocycles. The highest BCUT2D eigenvalue weighted by Gasteiger charge is 2.44. The number of amides is 2. The number of carbonyl (C=O) groups excluding carboxylic acids is 1. The first-order valence-electron chi connectivity index (χ1n) is 8.97. The van der Waals surface area contributed by atoms with Gasteiger partial charge in [0.25, 0.3) is 0 Å². The molecule has 3 rings (SSSR count). The predicted molar refractivity (Wildman–Crippen MR) is 103 cm³/mol. The highest BCUT2D eigenvalue weighted by atomic mass is 16.5. The predicted octanol–water partition coefficient (Wildman–Crippen LogP) is 4.34. The summed E-state index contributed by atoms with van der Waals surface area (Å²) in [5.41, 5.74) is 2.04. The Balaban J connectivity index is 1.52. The molecule has 2 N–H and O–H groups in total. The zero-order valence-corrected chi connectivity index (χ0v) is 15.5. The Morgan fingerprint density at radius 2 is 1.65 bits per heavy atom. The van der Waals surface area contributed by atoms with Crippen LogP contribution >= 0.6 is 0 Å². The van der Waals surface area contributed by atoms with E-state index < -0.39 is 0 Å². The second kappa shape index (κ2) is 7.68. The smallest absolute Gasteiger partial charge is 0.319 e. The van der Waals surface area contributed by atoms with E-state index in [1.54, 1.807) is 7.11 Å². The number of methoxy groups -OCH3 is 1. The highest BCUT2D eigenvalue weighted by molar-refractivity contribution is 5.89. The minimum Gasteiger partial charge on any atom is -0.497 e. The van der Waals surface area contributed by atoms with Crippen molar-refractivity contribution in [1.29, 1.82) is 0 Å². The number of benzene rings is 2. The molecule has 5 nitrogen and oxygen atoms in total. The van der Waals surface area contributed by atoms with Crippen LogP contribution in [-0.2, 0) is 5.41 Å². The van der Waals surface area contributed by atoms with E-state index in [1.807, 2.05) is 50.2 Å². The summed E-state index contributed by atoms with van der Waals surface area (Å²) in [5.74, 6) is 1.64. The SMILES string of the molecule is COc1ccc(C2(CNC(=O)Nc3ccc(OC(C)C)cc3)CC2)cc1. The Labute approximate surface area is 154 Å². The third-order valence-corrected chi connectivity index (χ3v) is 4.63. The fourth-order valence-corrected chi connectivity index (χ4v) is 2.98. The number of hydrogen-bond donors (Lipinski definition) is 2. The van der Waals surface area contributed by atoms with E-state index in [2.05, 4.69) is 22.8 Å². The molecular formula is C21H26N2O3. The van der Waals surface area contributed by atoms with Crippen LogP contribution in [0.25, 0.3) is 0 Å². The van der Waals surface area contributed by atoms with E-state index in [9.17, 15) is 4.79 Å². The molecule has 0 spiro atoms. The van der Waals surface area contributed by atoms with Crippen molar-refractivity contribution < 1.29 is 14.3 Å². The molecular weight excluding hydrogens is 328 g/mol. The number of rotatable bonds is 7. The zero-order valence-electron chi connectivity index (χ0n) is 15.5. The van der Waals surface area contributed by atoms with Crippen molar-refractivity contribution in [3.05, 3.63) is 54.1 Å². The van der Waals surface area contributed by atoms with E-state index in [-0.39, 0.29) is 17.6 Å². The summed E-state index contributed by atoms with van der Waals surface area (Å²) in [4.78, 5) is 12.2. The van der Waals surface area contributed by atoms with Gasteiger partial charge in [0, 0.05) is 17.6 Å². The van der Waals surface area contributed by atoms with Gasteiger partial charge in [-0.1, -0.05) is 12.1 Å². The van der Waals surface area contributed by atoms with Crippen LogP contribution in [0.4, 0.5) is 10.5 Å². The van der Waals surface area contributed by atoms with Gasteiger partial charge >= 0.3 is 6.03 Å². The molecule has 26 heavy (non-hydrogen) atoms. The van der Waals surface area contributed by atoms with E-state index in [1.165, 1.54) is 5.56 Å². The van der Waals surface area contributed by atoms with Crippen LogP contribution in [0.1, 0.15) is 32.3 Å². The first kappa shape index (κ1) is 18.1. The molecule has 0 radical (unpaired) electrons. The molecule has 2 aromatic carbocycles. The van der Waals surface area contributed by atoms with Gasteiger partial charge in [-0.15, -0.1) is 0 Å². The highest BCUT2D eigenvalue weighted by Crippen LogP contribution is 2.47. The van der Waals surface area contributed by atoms with Gasteiger partial charge in [0.15, 0.2) is 0 Å². The van der Waals surface area contributed by atoms with Gasteiger partial charge in [-0.25, -0.2) is 4.79 Å². The summed E-state index contributed by atoms with van der Waals surface area (Å²) in [7, 11) is 1.66. The van der Waals surface area contributed by atoms with Gasteiger partial charge in [-0.2, -0.15) is 0 Å². The third kappa shape index (κ3) is 4.48. The Morgan fingerprint density at radius 3 is 2.19 bits per heavy atom. The van der Waals surface area contributed by atoms with Crippen molar-refractivity contribution in [1.82, 2.24) is 5.32 Å². The fraction of sp³-hybridized carbons (Fsp3) is 0.381. The van der Waals surface area contributed by atoms with Crippen LogP contribution in [0.5, 0.6) is 11.5 Å². The van der Waals surface area contributed by atoms with Crippen molar-refractivity contribution in [3.8, 4) is 11.5 Å². The molecule has 5 heteroatoms. The van der Waals surface area contributed by atoms with Crippen LogP contribution in [-0.4, -0.2) is 25.8 Å². The van der Waals surface area contributed by atoms with E-state index in [0.717, 1.165) is 30.0 Å². The van der Waals surface area contributed by atoms with Crippen LogP contribution in [0.15, 0.2) is 48.5 Å². The number of carbonyl (C=O) groups is 1. The number of hydrogen-bond acceptors (Lipinski definition) is 3. The molecule has 0 bridgehead atoms. The molecule has 0 unspecified atom stereocenters. The average Bonchev–Trinajstić information content (AvgIpc) is 3.43. The van der Waals surface area contributed by atoms with E-state index in [4.69, 9.17) is 9.47 Å². The molecule has 1 aliphatic rings. The first-order valence-corrected chi connectivity index (χ1v) is 8.97. The Bertz CT molecular complexity index is 735. The number of nitrogens with one attached hydrogen (secondary N) is 2. The molecule has 1 aliphatic carbocycles. The minimum atomic E-state index is -0.192. The molecule has 0 aromatic heterocycles. The summed E-state index contributed by atoms with van der Waals surface area (Å²) < 4.78 is 10.8. The fourth-order valence-electron chi connectivity index (χ4n) is 2.98. The number of urea groups is 1. The van der Waals surface area contributed by atoms with Crippen LogP contribution in [0.2, 0.25) is 0 Å². The van der Waals surface area contributed by atoms with Gasteiger partial charge in [-0.3, -0.25) is 0 Å². The van der Waals surface area contributed by atoms with Crippen molar-refractivity contribution in [3.63, 3.8) is 0 Å². The van der Waals surface area contributed by atoms with Crippen LogP contribution in [0, 0.1) is 0 Å². The topological polar surface area (TPSA) is 59.6 Å². The number of anilines is 1. The molecule has 1 fully saturated rings. The largest absolute Gasteiger partial charge is 0.497 e. The standard InChI is InChI=1S/C21H26N2O3/c1-15(2)26-19-10-6-17(7-11-19)23-20(24)22-14-21(12-13-21)16-4-8-18(25-3)9-5-16/h4-11,15H,12-14H2,1-3H3,(H2,22,23,24). The maximum atomic E-state index is 12.2. The van der Waals surface area contributed by atoms with Crippen LogP contribution in [0.3, 0.4) is 0 Å². The molecule has 0 heterocycles. The Hall–Kier alpha value is -2.69. The normalized spacial score (nSPS) is 14.6. The lowest BCUT2D eigenvalue weighted by molar-refractivity contribution is 0.242. The monoisotopic (exact) mass is 354 g/mol.